The Morgan fingerprint density at radius 1 is 1.12 bits per heavy atom. The second-order valence-corrected chi connectivity index (χ2v) is 7.90. The monoisotopic (exact) mass is 407 g/mol. The van der Waals surface area contributed by atoms with Gasteiger partial charge in [0, 0.05) is 5.56 Å². The van der Waals surface area contributed by atoms with E-state index in [1.54, 1.807) is 0 Å². The number of aliphatic hydroxyl groups excluding tert-OH is 1. The Balaban J connectivity index is 3.53. The minimum Gasteiger partial charge on any atom is -0.501 e. The van der Waals surface area contributed by atoms with Crippen LogP contribution in [0.4, 0.5) is 0 Å². The van der Waals surface area contributed by atoms with E-state index >= 15 is 0 Å². The first-order valence-corrected chi connectivity index (χ1v) is 10.4. The fraction of sp³-hybridized carbons (Fsp3) is 0.308. The van der Waals surface area contributed by atoms with Crippen molar-refractivity contribution >= 4 is 32.0 Å². The third-order valence-electron chi connectivity index (χ3n) is 2.49. The van der Waals surface area contributed by atoms with Crippen LogP contribution in [-0.4, -0.2) is 47.0 Å². The van der Waals surface area contributed by atoms with Gasteiger partial charge in [-0.2, -0.15) is 16.8 Å². The topological polar surface area (TPSA) is 161 Å². The number of carbonyl (C=O) groups excluding carboxylic acids is 1. The van der Waals surface area contributed by atoms with Gasteiger partial charge in [0.15, 0.2) is 16.5 Å². The van der Waals surface area contributed by atoms with E-state index in [0.717, 1.165) is 24.5 Å². The van der Waals surface area contributed by atoms with E-state index in [-0.39, 0.29) is 12.2 Å². The standard InChI is InChI=1S/C13H14N2O9S2/c1-4-22-13(17)11(15-14)12(16)8-5-6-9(23-25(2,18)19)10(7-8)24-26(3,20)21/h5-7H,4H2,1-3H3/p+1. The highest BCUT2D eigenvalue weighted by Gasteiger charge is 2.32. The molecular formula is C13H15N2O9S2+. The van der Waals surface area contributed by atoms with Crippen molar-refractivity contribution in [3.05, 3.63) is 34.4 Å². The molecule has 1 N–H and O–H groups in total. The van der Waals surface area contributed by atoms with E-state index < -0.39 is 49.2 Å². The number of carbonyl (C=O) groups is 1. The van der Waals surface area contributed by atoms with Crippen molar-refractivity contribution in [2.75, 3.05) is 19.1 Å². The third kappa shape index (κ3) is 6.22. The van der Waals surface area contributed by atoms with Crippen LogP contribution in [0.15, 0.2) is 23.9 Å². The largest absolute Gasteiger partial charge is 0.510 e. The molecule has 26 heavy (non-hydrogen) atoms. The van der Waals surface area contributed by atoms with Crippen LogP contribution in [-0.2, 0) is 29.8 Å². The summed E-state index contributed by atoms with van der Waals surface area (Å²) in [5.41, 5.74) is -1.08. The molecule has 0 aliphatic rings. The predicted octanol–water partition coefficient (Wildman–Crippen LogP) is 1.01. The van der Waals surface area contributed by atoms with E-state index in [0.29, 0.717) is 6.26 Å². The first-order chi connectivity index (χ1) is 11.9. The van der Waals surface area contributed by atoms with Gasteiger partial charge in [-0.15, -0.1) is 0 Å². The maximum Gasteiger partial charge on any atom is 0.510 e. The molecule has 0 saturated carbocycles. The highest BCUT2D eigenvalue weighted by atomic mass is 32.2. The minimum atomic E-state index is -4.09. The number of hydrogen-bond acceptors (Lipinski definition) is 10. The fourth-order valence-electron chi connectivity index (χ4n) is 1.64. The molecule has 0 unspecified atom stereocenters. The van der Waals surface area contributed by atoms with E-state index in [1.807, 2.05) is 0 Å². The van der Waals surface area contributed by atoms with Gasteiger partial charge >= 0.3 is 31.9 Å². The van der Waals surface area contributed by atoms with Crippen LogP contribution in [0, 0.1) is 5.39 Å². The Morgan fingerprint density at radius 3 is 2.12 bits per heavy atom. The molecule has 0 aliphatic carbocycles. The van der Waals surface area contributed by atoms with Gasteiger partial charge in [0.05, 0.1) is 19.1 Å². The van der Waals surface area contributed by atoms with Crippen LogP contribution in [0.5, 0.6) is 11.5 Å². The Labute approximate surface area is 149 Å². The molecule has 0 heterocycles. The van der Waals surface area contributed by atoms with E-state index in [4.69, 9.17) is 5.39 Å². The molecule has 1 rings (SSSR count). The lowest BCUT2D eigenvalue weighted by molar-refractivity contribution is -0.138. The van der Waals surface area contributed by atoms with Crippen LogP contribution in [0.25, 0.3) is 10.7 Å². The van der Waals surface area contributed by atoms with Crippen LogP contribution in [0.2, 0.25) is 0 Å². The van der Waals surface area contributed by atoms with E-state index in [9.17, 15) is 26.7 Å². The molecule has 0 saturated heterocycles. The predicted molar refractivity (Wildman–Crippen MR) is 88.7 cm³/mol. The van der Waals surface area contributed by atoms with Crippen molar-refractivity contribution in [2.45, 2.75) is 6.92 Å². The summed E-state index contributed by atoms with van der Waals surface area (Å²) in [6, 6.07) is 2.93. The minimum absolute atomic E-state index is 0.0608. The second kappa shape index (κ2) is 8.02. The van der Waals surface area contributed by atoms with E-state index in [2.05, 4.69) is 18.1 Å². The molecule has 1 aromatic carbocycles. The van der Waals surface area contributed by atoms with Gasteiger partial charge in [-0.25, -0.2) is 4.79 Å². The number of esters is 1. The van der Waals surface area contributed by atoms with Crippen LogP contribution in [0.3, 0.4) is 0 Å². The van der Waals surface area contributed by atoms with Gasteiger partial charge in [-0.05, 0) is 25.1 Å². The number of rotatable bonds is 7. The Bertz CT molecular complexity index is 989. The summed E-state index contributed by atoms with van der Waals surface area (Å²) in [6.07, 6.45) is 1.43. The van der Waals surface area contributed by atoms with E-state index in [1.165, 1.54) is 6.92 Å². The zero-order valence-corrected chi connectivity index (χ0v) is 15.5. The van der Waals surface area contributed by atoms with Crippen molar-refractivity contribution in [3.63, 3.8) is 0 Å². The zero-order valence-electron chi connectivity index (χ0n) is 13.9. The number of diazo groups is 1. The Morgan fingerprint density at radius 2 is 1.65 bits per heavy atom. The van der Waals surface area contributed by atoms with Crippen molar-refractivity contribution in [2.24, 2.45) is 0 Å². The molecular weight excluding hydrogens is 392 g/mol. The zero-order chi connectivity index (χ0) is 20.1. The van der Waals surface area contributed by atoms with Gasteiger partial charge in [-0.1, -0.05) is 0 Å². The van der Waals surface area contributed by atoms with Gasteiger partial charge < -0.3 is 18.2 Å². The van der Waals surface area contributed by atoms with Gasteiger partial charge in [0.25, 0.3) is 0 Å². The summed E-state index contributed by atoms with van der Waals surface area (Å²) >= 11 is 0. The number of hydrogen-bond donors (Lipinski definition) is 1. The SMILES string of the molecule is CCOC(=O)/C([N+]#N)=C(\O)c1ccc(OS(C)(=O)=O)c(OS(C)(=O)=O)c1. The number of nitrogens with zero attached hydrogens (tertiary/aromatic N) is 2. The fourth-order valence-corrected chi connectivity index (χ4v) is 2.56. The summed E-state index contributed by atoms with van der Waals surface area (Å²) in [4.78, 5) is 14.3. The molecule has 0 amide bonds. The smallest absolute Gasteiger partial charge is 0.501 e. The highest BCUT2D eigenvalue weighted by molar-refractivity contribution is 7.86. The average molecular weight is 407 g/mol. The summed E-state index contributed by atoms with van der Waals surface area (Å²) < 4.78 is 59.0. The Hall–Kier alpha value is -2.85. The number of ether oxygens (including phenoxy) is 1. The summed E-state index contributed by atoms with van der Waals surface area (Å²) in [5, 5.41) is 19.0. The van der Waals surface area contributed by atoms with Crippen molar-refractivity contribution in [3.8, 4) is 11.5 Å². The molecule has 1 aromatic rings. The molecule has 13 heteroatoms. The molecule has 0 bridgehead atoms. The van der Waals surface area contributed by atoms with Gasteiger partial charge in [0.2, 0.25) is 11.2 Å². The quantitative estimate of drug-likeness (QED) is 0.227. The normalized spacial score (nSPS) is 12.5. The molecule has 0 radical (unpaired) electrons. The summed E-state index contributed by atoms with van der Waals surface area (Å²) in [6.45, 7) is 1.42. The highest BCUT2D eigenvalue weighted by Crippen LogP contribution is 2.33. The first-order valence-electron chi connectivity index (χ1n) is 6.76. The second-order valence-electron chi connectivity index (χ2n) is 4.75. The lowest BCUT2D eigenvalue weighted by Crippen LogP contribution is -2.11. The lowest BCUT2D eigenvalue weighted by Gasteiger charge is -2.10. The molecule has 0 aliphatic heterocycles. The Kier molecular flexibility index (Phi) is 6.54. The molecule has 142 valence electrons. The third-order valence-corrected chi connectivity index (χ3v) is 3.46. The average Bonchev–Trinajstić information content (AvgIpc) is 2.47. The van der Waals surface area contributed by atoms with Gasteiger partial charge in [-0.3, -0.25) is 0 Å². The number of benzene rings is 1. The maximum atomic E-state index is 11.6. The van der Waals surface area contributed by atoms with Crippen LogP contribution >= 0.6 is 0 Å². The van der Waals surface area contributed by atoms with Gasteiger partial charge in [0.1, 0.15) is 0 Å². The molecule has 0 fully saturated rings. The summed E-state index contributed by atoms with van der Waals surface area (Å²) in [7, 11) is -8.10. The van der Waals surface area contributed by atoms with Crippen molar-refractivity contribution in [1.29, 1.82) is 5.39 Å². The molecule has 0 atom stereocenters. The summed E-state index contributed by atoms with van der Waals surface area (Å²) in [5.74, 6) is -3.07. The lowest BCUT2D eigenvalue weighted by atomic mass is 10.1. The molecule has 11 nitrogen and oxygen atoms in total. The van der Waals surface area contributed by atoms with Crippen LogP contribution in [0.1, 0.15) is 12.5 Å². The maximum absolute atomic E-state index is 11.6. The van der Waals surface area contributed by atoms with Crippen molar-refractivity contribution in [1.82, 2.24) is 0 Å². The first kappa shape index (κ1) is 21.2. The van der Waals surface area contributed by atoms with Crippen molar-refractivity contribution < 1.29 is 39.8 Å². The molecule has 0 aromatic heterocycles. The number of aliphatic hydroxyl groups is 1. The van der Waals surface area contributed by atoms with Crippen LogP contribution < -0.4 is 8.37 Å². The molecule has 0 spiro atoms.